The third-order valence-electron chi connectivity index (χ3n) is 4.33. The minimum atomic E-state index is -0.00583. The lowest BCUT2D eigenvalue weighted by atomic mass is 9.86. The van der Waals surface area contributed by atoms with Crippen molar-refractivity contribution in [1.29, 1.82) is 0 Å². The van der Waals surface area contributed by atoms with Crippen LogP contribution in [-0.4, -0.2) is 31.0 Å². The Labute approximate surface area is 120 Å². The number of carbonyl (C=O) groups excluding carboxylic acids is 1. The molecular formula is C16H24N2O2. The van der Waals surface area contributed by atoms with Gasteiger partial charge in [0.25, 0.3) is 5.91 Å². The van der Waals surface area contributed by atoms with Gasteiger partial charge in [0.15, 0.2) is 5.75 Å². The maximum Gasteiger partial charge on any atom is 0.257 e. The molecule has 4 nitrogen and oxygen atoms in total. The second kappa shape index (κ2) is 6.16. The number of hydrogen-bond donors (Lipinski definition) is 1. The van der Waals surface area contributed by atoms with Crippen molar-refractivity contribution in [1.82, 2.24) is 4.90 Å². The maximum absolute atomic E-state index is 12.6. The average Bonchev–Trinajstić information content (AvgIpc) is 2.46. The number of nitrogens with zero attached hydrogens (tertiary/aromatic N) is 1. The van der Waals surface area contributed by atoms with Crippen LogP contribution in [0.5, 0.6) is 5.75 Å². The van der Waals surface area contributed by atoms with E-state index in [1.54, 1.807) is 25.3 Å². The fraction of sp³-hybridized carbons (Fsp3) is 0.562. The molecule has 0 aliphatic heterocycles. The molecule has 1 fully saturated rings. The molecule has 20 heavy (non-hydrogen) atoms. The molecule has 2 rings (SSSR count). The number of anilines is 1. The zero-order chi connectivity index (χ0) is 14.7. The van der Waals surface area contributed by atoms with Gasteiger partial charge in [0, 0.05) is 13.1 Å². The number of hydrogen-bond acceptors (Lipinski definition) is 3. The normalized spacial score (nSPS) is 22.4. The highest BCUT2D eigenvalue weighted by atomic mass is 16.5. The predicted molar refractivity (Wildman–Crippen MR) is 80.9 cm³/mol. The zero-order valence-corrected chi connectivity index (χ0v) is 12.6. The van der Waals surface area contributed by atoms with E-state index in [1.807, 2.05) is 11.9 Å². The Morgan fingerprint density at radius 2 is 1.95 bits per heavy atom. The van der Waals surface area contributed by atoms with E-state index in [0.29, 0.717) is 23.0 Å². The van der Waals surface area contributed by atoms with E-state index in [-0.39, 0.29) is 5.91 Å². The van der Waals surface area contributed by atoms with Crippen LogP contribution >= 0.6 is 0 Å². The van der Waals surface area contributed by atoms with E-state index < -0.39 is 0 Å². The summed E-state index contributed by atoms with van der Waals surface area (Å²) in [6, 6.07) is 5.64. The van der Waals surface area contributed by atoms with E-state index in [0.717, 1.165) is 18.8 Å². The lowest BCUT2D eigenvalue weighted by Gasteiger charge is -2.34. The number of carbonyl (C=O) groups is 1. The highest BCUT2D eigenvalue weighted by molar-refractivity contribution is 5.98. The molecule has 0 spiro atoms. The molecule has 1 aromatic rings. The first-order valence-corrected chi connectivity index (χ1v) is 7.24. The summed E-state index contributed by atoms with van der Waals surface area (Å²) in [5.41, 5.74) is 6.92. The molecule has 0 radical (unpaired) electrons. The number of nitrogen functional groups attached to an aromatic ring is 1. The topological polar surface area (TPSA) is 55.6 Å². The van der Waals surface area contributed by atoms with E-state index in [2.05, 4.69) is 6.92 Å². The van der Waals surface area contributed by atoms with Gasteiger partial charge >= 0.3 is 0 Å². The molecule has 0 heterocycles. The first-order valence-electron chi connectivity index (χ1n) is 7.24. The molecule has 1 aliphatic rings. The Balaban J connectivity index is 2.16. The van der Waals surface area contributed by atoms with Crippen molar-refractivity contribution in [3.8, 4) is 5.75 Å². The molecule has 0 bridgehead atoms. The summed E-state index contributed by atoms with van der Waals surface area (Å²) in [4.78, 5) is 14.5. The van der Waals surface area contributed by atoms with Crippen molar-refractivity contribution in [3.05, 3.63) is 23.8 Å². The lowest BCUT2D eigenvalue weighted by Crippen LogP contribution is -2.39. The molecule has 0 aromatic heterocycles. The molecule has 2 N–H and O–H groups in total. The van der Waals surface area contributed by atoms with Crippen molar-refractivity contribution >= 4 is 11.6 Å². The van der Waals surface area contributed by atoms with Crippen LogP contribution in [0.25, 0.3) is 0 Å². The molecule has 1 saturated carbocycles. The molecule has 0 saturated heterocycles. The summed E-state index contributed by atoms with van der Waals surface area (Å²) < 4.78 is 5.28. The minimum absolute atomic E-state index is 0.00583. The summed E-state index contributed by atoms with van der Waals surface area (Å²) in [5, 5.41) is 0. The number of methoxy groups -OCH3 is 1. The van der Waals surface area contributed by atoms with Crippen LogP contribution in [0.1, 0.15) is 43.0 Å². The Hall–Kier alpha value is -1.71. The molecule has 4 heteroatoms. The predicted octanol–water partition coefficient (Wildman–Crippen LogP) is 2.93. The van der Waals surface area contributed by atoms with Gasteiger partial charge in [0.2, 0.25) is 0 Å². The van der Waals surface area contributed by atoms with Crippen LogP contribution in [0.4, 0.5) is 5.69 Å². The SMILES string of the molecule is COc1c(N)cccc1C(=O)N(C)C1CCC(C)CC1. The number of benzene rings is 1. The third kappa shape index (κ3) is 2.89. The average molecular weight is 276 g/mol. The van der Waals surface area contributed by atoms with Gasteiger partial charge in [0.05, 0.1) is 18.4 Å². The van der Waals surface area contributed by atoms with Crippen molar-refractivity contribution in [2.75, 3.05) is 19.9 Å². The number of amides is 1. The van der Waals surface area contributed by atoms with Crippen molar-refractivity contribution in [2.45, 2.75) is 38.6 Å². The van der Waals surface area contributed by atoms with E-state index >= 15 is 0 Å². The summed E-state index contributed by atoms with van der Waals surface area (Å²) in [6.45, 7) is 2.28. The summed E-state index contributed by atoms with van der Waals surface area (Å²) in [6.07, 6.45) is 4.54. The molecule has 1 aliphatic carbocycles. The second-order valence-electron chi connectivity index (χ2n) is 5.76. The third-order valence-corrected chi connectivity index (χ3v) is 4.33. The van der Waals surface area contributed by atoms with Crippen LogP contribution in [-0.2, 0) is 0 Å². The fourth-order valence-electron chi connectivity index (χ4n) is 2.94. The Morgan fingerprint density at radius 1 is 1.30 bits per heavy atom. The molecule has 1 aromatic carbocycles. The fourth-order valence-corrected chi connectivity index (χ4v) is 2.94. The first-order chi connectivity index (χ1) is 9.54. The van der Waals surface area contributed by atoms with Crippen LogP contribution in [0.3, 0.4) is 0 Å². The largest absolute Gasteiger partial charge is 0.494 e. The van der Waals surface area contributed by atoms with Gasteiger partial charge < -0.3 is 15.4 Å². The molecule has 0 unspecified atom stereocenters. The smallest absolute Gasteiger partial charge is 0.257 e. The van der Waals surface area contributed by atoms with Gasteiger partial charge in [-0.15, -0.1) is 0 Å². The molecule has 1 amide bonds. The number of ether oxygens (including phenoxy) is 1. The van der Waals surface area contributed by atoms with Crippen molar-refractivity contribution in [3.63, 3.8) is 0 Å². The van der Waals surface area contributed by atoms with Crippen LogP contribution in [0, 0.1) is 5.92 Å². The number of nitrogens with two attached hydrogens (primary N) is 1. The minimum Gasteiger partial charge on any atom is -0.494 e. The van der Waals surface area contributed by atoms with Gasteiger partial charge in [-0.25, -0.2) is 0 Å². The van der Waals surface area contributed by atoms with Gasteiger partial charge in [-0.3, -0.25) is 4.79 Å². The summed E-state index contributed by atoms with van der Waals surface area (Å²) >= 11 is 0. The molecule has 110 valence electrons. The van der Waals surface area contributed by atoms with Crippen molar-refractivity contribution < 1.29 is 9.53 Å². The van der Waals surface area contributed by atoms with Gasteiger partial charge in [-0.05, 0) is 43.7 Å². The van der Waals surface area contributed by atoms with Gasteiger partial charge in [-0.1, -0.05) is 13.0 Å². The van der Waals surface area contributed by atoms with Gasteiger partial charge in [-0.2, -0.15) is 0 Å². The zero-order valence-electron chi connectivity index (χ0n) is 12.6. The van der Waals surface area contributed by atoms with Crippen LogP contribution in [0.15, 0.2) is 18.2 Å². The first kappa shape index (κ1) is 14.7. The van der Waals surface area contributed by atoms with Gasteiger partial charge in [0.1, 0.15) is 0 Å². The Kier molecular flexibility index (Phi) is 4.53. The molecular weight excluding hydrogens is 252 g/mol. The summed E-state index contributed by atoms with van der Waals surface area (Å²) in [5.74, 6) is 1.25. The highest BCUT2D eigenvalue weighted by Crippen LogP contribution is 2.30. The standard InChI is InChI=1S/C16H24N2O2/c1-11-7-9-12(10-8-11)18(2)16(19)13-5-4-6-14(17)15(13)20-3/h4-6,11-12H,7-10,17H2,1-3H3. The highest BCUT2D eigenvalue weighted by Gasteiger charge is 2.27. The number of para-hydroxylation sites is 1. The van der Waals surface area contributed by atoms with Crippen LogP contribution < -0.4 is 10.5 Å². The quantitative estimate of drug-likeness (QED) is 0.864. The van der Waals surface area contributed by atoms with E-state index in [9.17, 15) is 4.79 Å². The Morgan fingerprint density at radius 3 is 2.55 bits per heavy atom. The lowest BCUT2D eigenvalue weighted by molar-refractivity contribution is 0.0676. The monoisotopic (exact) mass is 276 g/mol. The van der Waals surface area contributed by atoms with E-state index in [1.165, 1.54) is 12.8 Å². The van der Waals surface area contributed by atoms with E-state index in [4.69, 9.17) is 10.5 Å². The second-order valence-corrected chi connectivity index (χ2v) is 5.76. The Bertz CT molecular complexity index is 479. The molecule has 0 atom stereocenters. The summed E-state index contributed by atoms with van der Waals surface area (Å²) in [7, 11) is 3.43. The van der Waals surface area contributed by atoms with Crippen molar-refractivity contribution in [2.24, 2.45) is 5.92 Å². The maximum atomic E-state index is 12.6. The van der Waals surface area contributed by atoms with Crippen LogP contribution in [0.2, 0.25) is 0 Å². The number of rotatable bonds is 3.